The lowest BCUT2D eigenvalue weighted by Gasteiger charge is -2.17. The fourth-order valence-electron chi connectivity index (χ4n) is 3.07. The number of sulfone groups is 1. The second kappa shape index (κ2) is 9.63. The molecule has 9 heteroatoms. The molecule has 0 unspecified atom stereocenters. The number of carbonyl (C=O) groups excluding carboxylic acids is 2. The summed E-state index contributed by atoms with van der Waals surface area (Å²) < 4.78 is 32.1. The van der Waals surface area contributed by atoms with Gasteiger partial charge in [0.05, 0.1) is 40.4 Å². The number of carbonyl (C=O) groups is 2. The number of para-hydroxylation sites is 2. The first-order chi connectivity index (χ1) is 15.3. The first-order valence-corrected chi connectivity index (χ1v) is 11.1. The summed E-state index contributed by atoms with van der Waals surface area (Å²) in [6.07, 6.45) is 0. The van der Waals surface area contributed by atoms with Gasteiger partial charge in [0.2, 0.25) is 15.7 Å². The summed E-state index contributed by atoms with van der Waals surface area (Å²) in [5.74, 6) is -0.901. The predicted octanol–water partition coefficient (Wildman–Crippen LogP) is 2.99. The maximum Gasteiger partial charge on any atom is 0.259 e. The van der Waals surface area contributed by atoms with Gasteiger partial charge >= 0.3 is 0 Å². The van der Waals surface area contributed by atoms with Crippen LogP contribution in [0.25, 0.3) is 0 Å². The average molecular weight is 454 g/mol. The Kier molecular flexibility index (Phi) is 6.92. The molecule has 2 amide bonds. The molecule has 32 heavy (non-hydrogen) atoms. The van der Waals surface area contributed by atoms with E-state index in [0.717, 1.165) is 5.56 Å². The number of anilines is 2. The van der Waals surface area contributed by atoms with E-state index in [1.54, 1.807) is 36.4 Å². The Hall–Kier alpha value is -3.69. The molecule has 0 atom stereocenters. The minimum absolute atomic E-state index is 0.0248. The highest BCUT2D eigenvalue weighted by Crippen LogP contribution is 2.31. The maximum absolute atomic E-state index is 13.4. The molecule has 0 fully saturated rings. The molecule has 8 nitrogen and oxygen atoms in total. The van der Waals surface area contributed by atoms with Crippen molar-refractivity contribution in [3.8, 4) is 5.75 Å². The van der Waals surface area contributed by atoms with Gasteiger partial charge in [-0.2, -0.15) is 0 Å². The van der Waals surface area contributed by atoms with Crippen molar-refractivity contribution in [1.29, 1.82) is 0 Å². The van der Waals surface area contributed by atoms with Crippen molar-refractivity contribution in [3.63, 3.8) is 0 Å². The molecule has 3 rings (SSSR count). The zero-order valence-electron chi connectivity index (χ0n) is 17.6. The van der Waals surface area contributed by atoms with Gasteiger partial charge in [-0.05, 0) is 43.3 Å². The number of nitrogens with one attached hydrogen (secondary N) is 2. The molecule has 3 aromatic rings. The van der Waals surface area contributed by atoms with Crippen LogP contribution in [-0.2, 0) is 14.6 Å². The standard InChI is InChI=1S/C23H23N3O5S/c1-15-10-12-16(13-11-15)32(29,30)20-9-5-7-18(25-21(27)14-24)22(20)23(28)26-17-6-3-4-8-19(17)31-2/h3-13H,14,24H2,1-2H3,(H,25,27)(H,26,28). The Morgan fingerprint density at radius 1 is 0.906 bits per heavy atom. The number of nitrogens with two attached hydrogens (primary N) is 1. The largest absolute Gasteiger partial charge is 0.495 e. The summed E-state index contributed by atoms with van der Waals surface area (Å²) in [6, 6.07) is 17.2. The van der Waals surface area contributed by atoms with Gasteiger partial charge in [-0.25, -0.2) is 8.42 Å². The highest BCUT2D eigenvalue weighted by Gasteiger charge is 2.28. The molecule has 0 saturated carbocycles. The van der Waals surface area contributed by atoms with Gasteiger partial charge < -0.3 is 21.1 Å². The predicted molar refractivity (Wildman–Crippen MR) is 122 cm³/mol. The van der Waals surface area contributed by atoms with E-state index in [-0.39, 0.29) is 27.6 Å². The lowest BCUT2D eigenvalue weighted by molar-refractivity contribution is -0.114. The maximum atomic E-state index is 13.4. The molecule has 4 N–H and O–H groups in total. The zero-order valence-corrected chi connectivity index (χ0v) is 18.4. The molecule has 0 aliphatic carbocycles. The third kappa shape index (κ3) is 4.79. The van der Waals surface area contributed by atoms with E-state index in [2.05, 4.69) is 10.6 Å². The zero-order chi connectivity index (χ0) is 23.3. The third-order valence-electron chi connectivity index (χ3n) is 4.69. The average Bonchev–Trinajstić information content (AvgIpc) is 2.79. The van der Waals surface area contributed by atoms with Crippen LogP contribution in [0.5, 0.6) is 5.75 Å². The topological polar surface area (TPSA) is 128 Å². The van der Waals surface area contributed by atoms with Crippen molar-refractivity contribution in [3.05, 3.63) is 77.9 Å². The number of ether oxygens (including phenoxy) is 1. The first-order valence-electron chi connectivity index (χ1n) is 9.67. The molecule has 0 bridgehead atoms. The van der Waals surface area contributed by atoms with Gasteiger partial charge in [-0.1, -0.05) is 35.9 Å². The number of hydrogen-bond acceptors (Lipinski definition) is 6. The molecule has 166 valence electrons. The second-order valence-corrected chi connectivity index (χ2v) is 8.82. The molecule has 0 aromatic heterocycles. The van der Waals surface area contributed by atoms with E-state index < -0.39 is 21.7 Å². The Labute approximate surface area is 186 Å². The molecule has 0 aliphatic rings. The van der Waals surface area contributed by atoms with Gasteiger partial charge in [0.1, 0.15) is 5.75 Å². The number of benzene rings is 3. The Balaban J connectivity index is 2.16. The molecule has 0 radical (unpaired) electrons. The van der Waals surface area contributed by atoms with Gasteiger partial charge in [0.25, 0.3) is 5.91 Å². The number of aryl methyl sites for hydroxylation is 1. The summed E-state index contributed by atoms with van der Waals surface area (Å²) in [4.78, 5) is 25.0. The Bertz CT molecular complexity index is 1250. The number of amides is 2. The molecular weight excluding hydrogens is 430 g/mol. The van der Waals surface area contributed by atoms with Crippen molar-refractivity contribution in [2.45, 2.75) is 16.7 Å². The van der Waals surface area contributed by atoms with Crippen LogP contribution in [0, 0.1) is 6.92 Å². The lowest BCUT2D eigenvalue weighted by Crippen LogP contribution is -2.25. The van der Waals surface area contributed by atoms with Crippen LogP contribution in [0.15, 0.2) is 76.5 Å². The Morgan fingerprint density at radius 3 is 2.22 bits per heavy atom. The van der Waals surface area contributed by atoms with Gasteiger partial charge in [-0.15, -0.1) is 0 Å². The fourth-order valence-corrected chi connectivity index (χ4v) is 4.55. The molecular formula is C23H23N3O5S. The van der Waals surface area contributed by atoms with E-state index in [4.69, 9.17) is 10.5 Å². The van der Waals surface area contributed by atoms with Crippen LogP contribution in [0.1, 0.15) is 15.9 Å². The minimum atomic E-state index is -4.08. The van der Waals surface area contributed by atoms with Gasteiger partial charge in [0.15, 0.2) is 0 Å². The highest BCUT2D eigenvalue weighted by atomic mass is 32.2. The van der Waals surface area contributed by atoms with E-state index in [0.29, 0.717) is 11.4 Å². The van der Waals surface area contributed by atoms with E-state index >= 15 is 0 Å². The van der Waals surface area contributed by atoms with Crippen LogP contribution in [0.3, 0.4) is 0 Å². The van der Waals surface area contributed by atoms with Crippen LogP contribution in [-0.4, -0.2) is 33.9 Å². The van der Waals surface area contributed by atoms with Crippen LogP contribution >= 0.6 is 0 Å². The van der Waals surface area contributed by atoms with Crippen molar-refractivity contribution < 1.29 is 22.7 Å². The lowest BCUT2D eigenvalue weighted by atomic mass is 10.1. The van der Waals surface area contributed by atoms with Crippen molar-refractivity contribution >= 4 is 33.0 Å². The molecule has 3 aromatic carbocycles. The fraction of sp³-hybridized carbons (Fsp3) is 0.130. The number of hydrogen-bond donors (Lipinski definition) is 3. The van der Waals surface area contributed by atoms with E-state index in [1.165, 1.54) is 37.4 Å². The van der Waals surface area contributed by atoms with E-state index in [1.807, 2.05) is 6.92 Å². The Morgan fingerprint density at radius 2 is 1.56 bits per heavy atom. The van der Waals surface area contributed by atoms with Crippen LogP contribution < -0.4 is 21.1 Å². The molecule has 0 aliphatic heterocycles. The number of methoxy groups -OCH3 is 1. The molecule has 0 saturated heterocycles. The van der Waals surface area contributed by atoms with Crippen LogP contribution in [0.4, 0.5) is 11.4 Å². The molecule has 0 heterocycles. The quantitative estimate of drug-likeness (QED) is 0.505. The SMILES string of the molecule is COc1ccccc1NC(=O)c1c(NC(=O)CN)cccc1S(=O)(=O)c1ccc(C)cc1. The second-order valence-electron chi connectivity index (χ2n) is 6.90. The van der Waals surface area contributed by atoms with Crippen LogP contribution in [0.2, 0.25) is 0 Å². The summed E-state index contributed by atoms with van der Waals surface area (Å²) in [5.41, 5.74) is 6.45. The van der Waals surface area contributed by atoms with Gasteiger partial charge in [0, 0.05) is 0 Å². The highest BCUT2D eigenvalue weighted by molar-refractivity contribution is 7.91. The normalized spacial score (nSPS) is 11.0. The minimum Gasteiger partial charge on any atom is -0.495 e. The van der Waals surface area contributed by atoms with E-state index in [9.17, 15) is 18.0 Å². The van der Waals surface area contributed by atoms with Crippen molar-refractivity contribution in [2.75, 3.05) is 24.3 Å². The third-order valence-corrected chi connectivity index (χ3v) is 6.50. The summed E-state index contributed by atoms with van der Waals surface area (Å²) in [6.45, 7) is 1.51. The summed E-state index contributed by atoms with van der Waals surface area (Å²) >= 11 is 0. The van der Waals surface area contributed by atoms with Crippen molar-refractivity contribution in [1.82, 2.24) is 0 Å². The van der Waals surface area contributed by atoms with Gasteiger partial charge in [-0.3, -0.25) is 9.59 Å². The smallest absolute Gasteiger partial charge is 0.259 e. The monoisotopic (exact) mass is 453 g/mol. The molecule has 0 spiro atoms. The number of rotatable bonds is 7. The first kappa shape index (κ1) is 23.0. The summed E-state index contributed by atoms with van der Waals surface area (Å²) in [5, 5.41) is 5.18. The summed E-state index contributed by atoms with van der Waals surface area (Å²) in [7, 11) is -2.63. The van der Waals surface area contributed by atoms with Crippen molar-refractivity contribution in [2.24, 2.45) is 5.73 Å².